The first-order valence-electron chi connectivity index (χ1n) is 7.19. The number of aromatic hydroxyl groups is 1. The Hall–Kier alpha value is -2.40. The van der Waals surface area contributed by atoms with Crippen molar-refractivity contribution in [2.75, 3.05) is 0 Å². The topological polar surface area (TPSA) is 59.7 Å². The van der Waals surface area contributed by atoms with Gasteiger partial charge in [0.1, 0.15) is 0 Å². The second-order valence-corrected chi connectivity index (χ2v) is 6.21. The lowest BCUT2D eigenvalue weighted by atomic mass is 10.1. The Kier molecular flexibility index (Phi) is 3.58. The number of aromatic nitrogens is 3. The first-order chi connectivity index (χ1) is 10.4. The van der Waals surface area contributed by atoms with E-state index in [1.165, 1.54) is 0 Å². The SMILES string of the molecule is CC(C)(C)OCc1cccc(-c2ccc3cnc(O)nn23)c1. The fourth-order valence-corrected chi connectivity index (χ4v) is 2.23. The van der Waals surface area contributed by atoms with Gasteiger partial charge in [0.2, 0.25) is 0 Å². The van der Waals surface area contributed by atoms with Gasteiger partial charge < -0.3 is 9.84 Å². The van der Waals surface area contributed by atoms with Gasteiger partial charge in [-0.05, 0) is 44.5 Å². The Morgan fingerprint density at radius 1 is 1.18 bits per heavy atom. The van der Waals surface area contributed by atoms with Crippen molar-refractivity contribution in [3.05, 3.63) is 48.2 Å². The lowest BCUT2D eigenvalue weighted by Crippen LogP contribution is -2.18. The van der Waals surface area contributed by atoms with Crippen LogP contribution in [0.2, 0.25) is 0 Å². The van der Waals surface area contributed by atoms with E-state index in [4.69, 9.17) is 4.74 Å². The summed E-state index contributed by atoms with van der Waals surface area (Å²) in [6.07, 6.45) is 1.60. The molecule has 22 heavy (non-hydrogen) atoms. The van der Waals surface area contributed by atoms with Crippen LogP contribution in [0.5, 0.6) is 6.01 Å². The van der Waals surface area contributed by atoms with E-state index in [1.807, 2.05) is 51.1 Å². The molecule has 0 bridgehead atoms. The van der Waals surface area contributed by atoms with Crippen molar-refractivity contribution in [3.8, 4) is 17.3 Å². The van der Waals surface area contributed by atoms with Crippen LogP contribution >= 0.6 is 0 Å². The van der Waals surface area contributed by atoms with Gasteiger partial charge in [-0.15, -0.1) is 5.10 Å². The number of fused-ring (bicyclic) bond motifs is 1. The minimum absolute atomic E-state index is 0.170. The van der Waals surface area contributed by atoms with E-state index in [0.29, 0.717) is 6.61 Å². The Balaban J connectivity index is 1.95. The summed E-state index contributed by atoms with van der Waals surface area (Å²) in [5, 5.41) is 13.5. The second kappa shape index (κ2) is 5.42. The highest BCUT2D eigenvalue weighted by atomic mass is 16.5. The average Bonchev–Trinajstić information content (AvgIpc) is 2.88. The lowest BCUT2D eigenvalue weighted by molar-refractivity contribution is -0.0149. The largest absolute Gasteiger partial charge is 0.478 e. The van der Waals surface area contributed by atoms with Crippen LogP contribution in [-0.2, 0) is 11.3 Å². The number of ether oxygens (including phenoxy) is 1. The van der Waals surface area contributed by atoms with Crippen molar-refractivity contribution < 1.29 is 9.84 Å². The molecule has 5 nitrogen and oxygen atoms in total. The minimum atomic E-state index is -0.239. The first-order valence-corrected chi connectivity index (χ1v) is 7.19. The molecule has 2 aromatic heterocycles. The number of benzene rings is 1. The van der Waals surface area contributed by atoms with Crippen molar-refractivity contribution in [2.45, 2.75) is 33.0 Å². The van der Waals surface area contributed by atoms with E-state index >= 15 is 0 Å². The third kappa shape index (κ3) is 3.09. The van der Waals surface area contributed by atoms with Crippen molar-refractivity contribution in [1.29, 1.82) is 0 Å². The van der Waals surface area contributed by atoms with E-state index < -0.39 is 0 Å². The fraction of sp³-hybridized carbons (Fsp3) is 0.294. The third-order valence-electron chi connectivity index (χ3n) is 3.28. The molecule has 0 aliphatic heterocycles. The predicted octanol–water partition coefficient (Wildman–Crippen LogP) is 3.42. The summed E-state index contributed by atoms with van der Waals surface area (Å²) < 4.78 is 7.51. The molecule has 3 rings (SSSR count). The highest BCUT2D eigenvalue weighted by molar-refractivity contribution is 5.66. The molecule has 3 aromatic rings. The van der Waals surface area contributed by atoms with Crippen LogP contribution in [0.3, 0.4) is 0 Å². The van der Waals surface area contributed by atoms with Gasteiger partial charge in [-0.1, -0.05) is 18.2 Å². The van der Waals surface area contributed by atoms with Crippen LogP contribution < -0.4 is 0 Å². The zero-order chi connectivity index (χ0) is 15.7. The fourth-order valence-electron chi connectivity index (χ4n) is 2.23. The molecule has 0 unspecified atom stereocenters. The standard InChI is InChI=1S/C17H19N3O2/c1-17(2,3)22-11-12-5-4-6-13(9-12)15-8-7-14-10-18-16(21)19-20(14)15/h4-10H,11H2,1-3H3,(H,19,21). The van der Waals surface area contributed by atoms with E-state index in [-0.39, 0.29) is 11.6 Å². The van der Waals surface area contributed by atoms with Crippen LogP contribution in [0.15, 0.2) is 42.6 Å². The number of rotatable bonds is 3. The van der Waals surface area contributed by atoms with E-state index in [2.05, 4.69) is 16.1 Å². The van der Waals surface area contributed by atoms with Gasteiger partial charge in [-0.3, -0.25) is 0 Å². The maximum Gasteiger partial charge on any atom is 0.331 e. The van der Waals surface area contributed by atoms with Gasteiger partial charge in [0.25, 0.3) is 0 Å². The van der Waals surface area contributed by atoms with Crippen molar-refractivity contribution >= 4 is 5.52 Å². The first kappa shape index (κ1) is 14.5. The molecule has 1 aromatic carbocycles. The number of hydrogen-bond donors (Lipinski definition) is 1. The van der Waals surface area contributed by atoms with Gasteiger partial charge in [0, 0.05) is 5.56 Å². The normalized spacial score (nSPS) is 12.0. The van der Waals surface area contributed by atoms with Gasteiger partial charge in [0.05, 0.1) is 29.6 Å². The zero-order valence-electron chi connectivity index (χ0n) is 12.9. The summed E-state index contributed by atoms with van der Waals surface area (Å²) in [5.74, 6) is 0. The van der Waals surface area contributed by atoms with Gasteiger partial charge in [0.15, 0.2) is 0 Å². The monoisotopic (exact) mass is 297 g/mol. The van der Waals surface area contributed by atoms with Crippen LogP contribution in [0.25, 0.3) is 16.8 Å². The highest BCUT2D eigenvalue weighted by Gasteiger charge is 2.11. The molecule has 5 heteroatoms. The van der Waals surface area contributed by atoms with Crippen molar-refractivity contribution in [1.82, 2.24) is 14.6 Å². The molecule has 0 saturated carbocycles. The molecule has 1 N–H and O–H groups in total. The summed E-state index contributed by atoms with van der Waals surface area (Å²) >= 11 is 0. The zero-order valence-corrected chi connectivity index (χ0v) is 12.9. The summed E-state index contributed by atoms with van der Waals surface area (Å²) in [6.45, 7) is 6.67. The van der Waals surface area contributed by atoms with E-state index in [9.17, 15) is 5.11 Å². The molecule has 0 fully saturated rings. The van der Waals surface area contributed by atoms with Crippen LogP contribution in [-0.4, -0.2) is 25.3 Å². The second-order valence-electron chi connectivity index (χ2n) is 6.21. The number of hydrogen-bond acceptors (Lipinski definition) is 4. The smallest absolute Gasteiger partial charge is 0.331 e. The molecular formula is C17H19N3O2. The Bertz CT molecular complexity index is 803. The average molecular weight is 297 g/mol. The minimum Gasteiger partial charge on any atom is -0.478 e. The Labute approximate surface area is 129 Å². The molecule has 0 radical (unpaired) electrons. The molecule has 0 aliphatic carbocycles. The van der Waals surface area contributed by atoms with Crippen molar-refractivity contribution in [3.63, 3.8) is 0 Å². The van der Waals surface area contributed by atoms with Crippen molar-refractivity contribution in [2.24, 2.45) is 0 Å². The Morgan fingerprint density at radius 2 is 2.00 bits per heavy atom. The summed E-state index contributed by atoms with van der Waals surface area (Å²) in [6, 6.07) is 11.8. The van der Waals surface area contributed by atoms with Gasteiger partial charge >= 0.3 is 6.01 Å². The quantitative estimate of drug-likeness (QED) is 0.804. The molecule has 114 valence electrons. The number of nitrogens with zero attached hydrogens (tertiary/aromatic N) is 3. The maximum atomic E-state index is 9.49. The van der Waals surface area contributed by atoms with Crippen LogP contribution in [0.1, 0.15) is 26.3 Å². The summed E-state index contributed by atoms with van der Waals surface area (Å²) in [7, 11) is 0. The van der Waals surface area contributed by atoms with Gasteiger partial charge in [-0.2, -0.15) is 0 Å². The lowest BCUT2D eigenvalue weighted by Gasteiger charge is -2.19. The van der Waals surface area contributed by atoms with E-state index in [1.54, 1.807) is 10.7 Å². The molecule has 0 saturated heterocycles. The molecular weight excluding hydrogens is 278 g/mol. The summed E-state index contributed by atoms with van der Waals surface area (Å²) in [4.78, 5) is 3.79. The molecule has 0 atom stereocenters. The maximum absolute atomic E-state index is 9.49. The van der Waals surface area contributed by atoms with Gasteiger partial charge in [-0.25, -0.2) is 9.50 Å². The van der Waals surface area contributed by atoms with E-state index in [0.717, 1.165) is 22.3 Å². The third-order valence-corrected chi connectivity index (χ3v) is 3.28. The van der Waals surface area contributed by atoms with Crippen LogP contribution in [0.4, 0.5) is 0 Å². The molecule has 0 amide bonds. The highest BCUT2D eigenvalue weighted by Crippen LogP contribution is 2.24. The van der Waals surface area contributed by atoms with Crippen LogP contribution in [0, 0.1) is 0 Å². The molecule has 0 aliphatic rings. The summed E-state index contributed by atoms with van der Waals surface area (Å²) in [5.41, 5.74) is 3.69. The predicted molar refractivity (Wildman–Crippen MR) is 84.6 cm³/mol. The Morgan fingerprint density at radius 3 is 2.77 bits per heavy atom. The molecule has 0 spiro atoms. The molecule has 2 heterocycles.